The van der Waals surface area contributed by atoms with E-state index in [4.69, 9.17) is 11.6 Å². The summed E-state index contributed by atoms with van der Waals surface area (Å²) in [6.07, 6.45) is 5.78. The van der Waals surface area contributed by atoms with Gasteiger partial charge in [-0.3, -0.25) is 0 Å². The first-order valence-corrected chi connectivity index (χ1v) is 7.46. The van der Waals surface area contributed by atoms with Gasteiger partial charge in [-0.1, -0.05) is 52.5 Å². The number of halogens is 2. The molecule has 2 heteroatoms. The molecule has 3 unspecified atom stereocenters. The normalized spacial score (nSPS) is 34.2. The van der Waals surface area contributed by atoms with E-state index in [-0.39, 0.29) is 0 Å². The van der Waals surface area contributed by atoms with Crippen LogP contribution in [0.2, 0.25) is 5.02 Å². The summed E-state index contributed by atoms with van der Waals surface area (Å²) in [5.41, 5.74) is 1.39. The minimum atomic E-state index is 0.540. The van der Waals surface area contributed by atoms with Crippen molar-refractivity contribution in [2.45, 2.75) is 30.5 Å². The number of rotatable bonds is 2. The van der Waals surface area contributed by atoms with Crippen molar-refractivity contribution >= 4 is 27.5 Å². The van der Waals surface area contributed by atoms with E-state index in [0.717, 1.165) is 22.8 Å². The SMILES string of the molecule is Clc1ccc(C(Br)C2C3CCCCC32)cc1. The Morgan fingerprint density at radius 1 is 1.06 bits per heavy atom. The fourth-order valence-electron chi connectivity index (χ4n) is 3.35. The summed E-state index contributed by atoms with van der Waals surface area (Å²) < 4.78 is 0. The maximum Gasteiger partial charge on any atom is 0.0429 e. The van der Waals surface area contributed by atoms with Gasteiger partial charge in [-0.15, -0.1) is 0 Å². The van der Waals surface area contributed by atoms with E-state index < -0.39 is 0 Å². The van der Waals surface area contributed by atoms with Crippen LogP contribution in [0.3, 0.4) is 0 Å². The van der Waals surface area contributed by atoms with E-state index in [1.165, 1.54) is 31.2 Å². The molecule has 0 N–H and O–H groups in total. The lowest BCUT2D eigenvalue weighted by molar-refractivity contribution is 0.480. The van der Waals surface area contributed by atoms with Crippen molar-refractivity contribution in [3.8, 4) is 0 Å². The van der Waals surface area contributed by atoms with Crippen molar-refractivity contribution in [2.24, 2.45) is 17.8 Å². The van der Waals surface area contributed by atoms with Gasteiger partial charge in [0.25, 0.3) is 0 Å². The monoisotopic (exact) mass is 298 g/mol. The summed E-state index contributed by atoms with van der Waals surface area (Å²) in [5, 5.41) is 0.830. The molecule has 2 saturated carbocycles. The van der Waals surface area contributed by atoms with Crippen molar-refractivity contribution in [1.29, 1.82) is 0 Å². The van der Waals surface area contributed by atoms with Crippen molar-refractivity contribution < 1.29 is 0 Å². The molecule has 0 heterocycles. The lowest BCUT2D eigenvalue weighted by atomic mass is 10.0. The van der Waals surface area contributed by atoms with Crippen LogP contribution in [0.1, 0.15) is 36.1 Å². The highest BCUT2D eigenvalue weighted by Gasteiger charge is 2.53. The molecule has 0 bridgehead atoms. The number of fused-ring (bicyclic) bond motifs is 1. The van der Waals surface area contributed by atoms with Gasteiger partial charge in [0.05, 0.1) is 0 Å². The number of alkyl halides is 1. The van der Waals surface area contributed by atoms with Crippen LogP contribution in [-0.4, -0.2) is 0 Å². The molecule has 0 aliphatic heterocycles. The molecular weight excluding hydrogens is 284 g/mol. The van der Waals surface area contributed by atoms with Crippen LogP contribution >= 0.6 is 27.5 Å². The number of hydrogen-bond acceptors (Lipinski definition) is 0. The van der Waals surface area contributed by atoms with Crippen LogP contribution in [0, 0.1) is 17.8 Å². The van der Waals surface area contributed by atoms with Gasteiger partial charge in [-0.25, -0.2) is 0 Å². The largest absolute Gasteiger partial charge is 0.0843 e. The second-order valence-electron chi connectivity index (χ2n) is 5.14. The fraction of sp³-hybridized carbons (Fsp3) is 0.571. The zero-order valence-electron chi connectivity index (χ0n) is 9.20. The summed E-state index contributed by atoms with van der Waals surface area (Å²) in [6.45, 7) is 0. The molecule has 0 aromatic heterocycles. The second-order valence-corrected chi connectivity index (χ2v) is 6.57. The summed E-state index contributed by atoms with van der Waals surface area (Å²) in [5.74, 6) is 2.87. The highest BCUT2D eigenvalue weighted by molar-refractivity contribution is 9.09. The van der Waals surface area contributed by atoms with Gasteiger partial charge in [0, 0.05) is 9.85 Å². The average Bonchev–Trinajstić information content (AvgIpc) is 3.03. The zero-order chi connectivity index (χ0) is 11.1. The number of hydrogen-bond donors (Lipinski definition) is 0. The van der Waals surface area contributed by atoms with Crippen LogP contribution < -0.4 is 0 Å². The summed E-state index contributed by atoms with van der Waals surface area (Å²) >= 11 is 9.80. The first-order chi connectivity index (χ1) is 7.77. The average molecular weight is 300 g/mol. The van der Waals surface area contributed by atoms with Crippen molar-refractivity contribution in [1.82, 2.24) is 0 Å². The van der Waals surface area contributed by atoms with Gasteiger partial charge >= 0.3 is 0 Å². The fourth-order valence-corrected chi connectivity index (χ4v) is 4.57. The Morgan fingerprint density at radius 2 is 1.62 bits per heavy atom. The summed E-state index contributed by atoms with van der Waals surface area (Å²) in [7, 11) is 0. The van der Waals surface area contributed by atoms with Gasteiger partial charge in [-0.2, -0.15) is 0 Å². The Morgan fingerprint density at radius 3 is 2.19 bits per heavy atom. The van der Waals surface area contributed by atoms with Crippen LogP contribution in [0.15, 0.2) is 24.3 Å². The smallest absolute Gasteiger partial charge is 0.0429 e. The van der Waals surface area contributed by atoms with Gasteiger partial charge in [-0.05, 0) is 48.3 Å². The van der Waals surface area contributed by atoms with Crippen molar-refractivity contribution in [3.63, 3.8) is 0 Å². The molecule has 0 radical (unpaired) electrons. The molecule has 0 spiro atoms. The van der Waals surface area contributed by atoms with E-state index in [2.05, 4.69) is 28.1 Å². The second kappa shape index (κ2) is 4.34. The van der Waals surface area contributed by atoms with E-state index in [0.29, 0.717) is 4.83 Å². The van der Waals surface area contributed by atoms with E-state index >= 15 is 0 Å². The molecule has 2 aliphatic carbocycles. The lowest BCUT2D eigenvalue weighted by Crippen LogP contribution is -1.94. The molecule has 0 nitrogen and oxygen atoms in total. The quantitative estimate of drug-likeness (QED) is 0.657. The Labute approximate surface area is 111 Å². The van der Waals surface area contributed by atoms with Crippen molar-refractivity contribution in [3.05, 3.63) is 34.9 Å². The lowest BCUT2D eigenvalue weighted by Gasteiger charge is -2.09. The Kier molecular flexibility index (Phi) is 3.01. The van der Waals surface area contributed by atoms with Crippen LogP contribution in [0.5, 0.6) is 0 Å². The third-order valence-electron chi connectivity index (χ3n) is 4.25. The number of benzene rings is 1. The Balaban J connectivity index is 1.74. The molecule has 1 aromatic carbocycles. The topological polar surface area (TPSA) is 0 Å². The summed E-state index contributed by atoms with van der Waals surface area (Å²) in [6, 6.07) is 8.31. The van der Waals surface area contributed by atoms with Gasteiger partial charge in [0.2, 0.25) is 0 Å². The highest BCUT2D eigenvalue weighted by Crippen LogP contribution is 2.62. The van der Waals surface area contributed by atoms with Gasteiger partial charge in [0.15, 0.2) is 0 Å². The van der Waals surface area contributed by atoms with Crippen molar-refractivity contribution in [2.75, 3.05) is 0 Å². The maximum atomic E-state index is 5.92. The zero-order valence-corrected chi connectivity index (χ0v) is 11.5. The molecule has 3 atom stereocenters. The first-order valence-electron chi connectivity index (χ1n) is 6.17. The molecule has 16 heavy (non-hydrogen) atoms. The van der Waals surface area contributed by atoms with Gasteiger partial charge in [0.1, 0.15) is 0 Å². The summed E-state index contributed by atoms with van der Waals surface area (Å²) in [4.78, 5) is 0.540. The maximum absolute atomic E-state index is 5.92. The molecule has 0 saturated heterocycles. The van der Waals surface area contributed by atoms with Gasteiger partial charge < -0.3 is 0 Å². The Hall–Kier alpha value is -0.0100. The van der Waals surface area contributed by atoms with E-state index in [9.17, 15) is 0 Å². The van der Waals surface area contributed by atoms with Crippen LogP contribution in [0.25, 0.3) is 0 Å². The predicted octanol–water partition coefficient (Wildman–Crippen LogP) is 5.21. The highest BCUT2D eigenvalue weighted by atomic mass is 79.9. The van der Waals surface area contributed by atoms with Crippen LogP contribution in [0.4, 0.5) is 0 Å². The molecule has 3 rings (SSSR count). The molecule has 2 aliphatic rings. The third-order valence-corrected chi connectivity index (χ3v) is 5.64. The minimum absolute atomic E-state index is 0.540. The molecule has 2 fully saturated rings. The minimum Gasteiger partial charge on any atom is -0.0843 e. The molecule has 0 amide bonds. The standard InChI is InChI=1S/C14H16BrCl/c15-14(9-5-7-10(16)8-6-9)13-11-3-1-2-4-12(11)13/h5-8,11-14H,1-4H2. The molecule has 86 valence electrons. The predicted molar refractivity (Wildman–Crippen MR) is 72.1 cm³/mol. The van der Waals surface area contributed by atoms with E-state index in [1.807, 2.05) is 12.1 Å². The Bertz CT molecular complexity index is 361. The molecular formula is C14H16BrCl. The third kappa shape index (κ3) is 1.93. The molecule has 1 aromatic rings. The van der Waals surface area contributed by atoms with E-state index in [1.54, 1.807) is 0 Å². The first kappa shape index (κ1) is 11.1. The van der Waals surface area contributed by atoms with Crippen LogP contribution in [-0.2, 0) is 0 Å².